The summed E-state index contributed by atoms with van der Waals surface area (Å²) in [4.78, 5) is 29.2. The first-order valence-electron chi connectivity index (χ1n) is 12.3. The second-order valence-corrected chi connectivity index (χ2v) is 8.74. The Morgan fingerprint density at radius 2 is 1.90 bits per heavy atom. The molecule has 11 nitrogen and oxygen atoms in total. The molecule has 0 saturated heterocycles. The number of nitro groups is 1. The number of para-hydroxylation sites is 1. The van der Waals surface area contributed by atoms with Gasteiger partial charge in [0, 0.05) is 29.1 Å². The number of rotatable bonds is 8. The van der Waals surface area contributed by atoms with Crippen molar-refractivity contribution in [2.75, 3.05) is 24.4 Å². The number of nitrogens with one attached hydrogen (secondary N) is 2. The normalized spacial score (nSPS) is 14.3. The predicted octanol–water partition coefficient (Wildman–Crippen LogP) is 5.19. The Morgan fingerprint density at radius 3 is 2.62 bits per heavy atom. The molecule has 39 heavy (non-hydrogen) atoms. The number of hydrogen-bond donors (Lipinski definition) is 2. The monoisotopic (exact) mass is 526 g/mol. The summed E-state index contributed by atoms with van der Waals surface area (Å²) in [5.41, 5.74) is 2.78. The molecule has 0 spiro atoms. The van der Waals surface area contributed by atoms with Gasteiger partial charge in [0.1, 0.15) is 6.04 Å². The van der Waals surface area contributed by atoms with Crippen LogP contribution in [0.3, 0.4) is 0 Å². The molecule has 0 radical (unpaired) electrons. The first-order valence-corrected chi connectivity index (χ1v) is 12.3. The Labute approximate surface area is 224 Å². The zero-order valence-electron chi connectivity index (χ0n) is 21.5. The molecule has 4 aromatic rings. The van der Waals surface area contributed by atoms with Crippen LogP contribution in [0.2, 0.25) is 0 Å². The average molecular weight is 527 g/mol. The summed E-state index contributed by atoms with van der Waals surface area (Å²) in [5, 5.41) is 22.2. The zero-order valence-corrected chi connectivity index (χ0v) is 21.5. The molecule has 2 N–H and O–H groups in total. The van der Waals surface area contributed by atoms with Crippen LogP contribution in [0.1, 0.15) is 25.5 Å². The Morgan fingerprint density at radius 1 is 1.10 bits per heavy atom. The van der Waals surface area contributed by atoms with E-state index in [1.807, 2.05) is 37.3 Å². The van der Waals surface area contributed by atoms with Crippen molar-refractivity contribution in [2.24, 2.45) is 0 Å². The molecule has 1 aromatic heterocycles. The first kappa shape index (κ1) is 25.5. The molecule has 1 atom stereocenters. The third-order valence-corrected chi connectivity index (χ3v) is 6.25. The Kier molecular flexibility index (Phi) is 6.96. The van der Waals surface area contributed by atoms with Gasteiger partial charge in [-0.2, -0.15) is 4.98 Å². The minimum Gasteiger partial charge on any atom is -0.493 e. The van der Waals surface area contributed by atoms with Gasteiger partial charge >= 0.3 is 0 Å². The van der Waals surface area contributed by atoms with Gasteiger partial charge in [0.05, 0.1) is 24.2 Å². The van der Waals surface area contributed by atoms with Crippen molar-refractivity contribution >= 4 is 23.2 Å². The van der Waals surface area contributed by atoms with E-state index < -0.39 is 11.0 Å². The molecule has 1 amide bonds. The van der Waals surface area contributed by atoms with Crippen molar-refractivity contribution in [3.05, 3.63) is 99.7 Å². The number of methoxy groups -OCH3 is 1. The van der Waals surface area contributed by atoms with Crippen molar-refractivity contribution in [3.63, 3.8) is 0 Å². The molecule has 0 aliphatic carbocycles. The third kappa shape index (κ3) is 5.01. The number of anilines is 2. The van der Waals surface area contributed by atoms with E-state index >= 15 is 0 Å². The first-order chi connectivity index (χ1) is 18.9. The van der Waals surface area contributed by atoms with Crippen LogP contribution in [0.4, 0.5) is 17.3 Å². The maximum absolute atomic E-state index is 13.7. The molecule has 198 valence electrons. The van der Waals surface area contributed by atoms with Crippen LogP contribution in [0.15, 0.2) is 84.1 Å². The lowest BCUT2D eigenvalue weighted by atomic mass is 9.94. The van der Waals surface area contributed by atoms with Crippen LogP contribution in [0, 0.1) is 10.1 Å². The van der Waals surface area contributed by atoms with Crippen LogP contribution in [-0.2, 0) is 4.79 Å². The summed E-state index contributed by atoms with van der Waals surface area (Å²) in [7, 11) is 1.55. The van der Waals surface area contributed by atoms with E-state index in [-0.39, 0.29) is 17.4 Å². The lowest BCUT2D eigenvalue weighted by molar-refractivity contribution is -0.384. The number of non-ortho nitro benzene ring substituents is 1. The van der Waals surface area contributed by atoms with E-state index in [0.717, 1.165) is 0 Å². The van der Waals surface area contributed by atoms with Gasteiger partial charge < -0.3 is 20.1 Å². The third-order valence-electron chi connectivity index (χ3n) is 6.25. The largest absolute Gasteiger partial charge is 0.493 e. The molecular formula is C28H26N6O5. The van der Waals surface area contributed by atoms with Gasteiger partial charge in [-0.1, -0.05) is 36.4 Å². The number of nitrogens with zero attached hydrogens (tertiary/aromatic N) is 4. The number of ether oxygens (including phenoxy) is 2. The highest BCUT2D eigenvalue weighted by molar-refractivity contribution is 6.06. The van der Waals surface area contributed by atoms with Crippen LogP contribution in [0.5, 0.6) is 11.5 Å². The van der Waals surface area contributed by atoms with Crippen molar-refractivity contribution < 1.29 is 19.2 Å². The van der Waals surface area contributed by atoms with Gasteiger partial charge in [-0.3, -0.25) is 14.9 Å². The number of benzene rings is 3. The fourth-order valence-corrected chi connectivity index (χ4v) is 4.48. The van der Waals surface area contributed by atoms with E-state index in [0.29, 0.717) is 52.1 Å². The van der Waals surface area contributed by atoms with Crippen LogP contribution < -0.4 is 20.1 Å². The SMILES string of the molecule is CCOc1ccc(C2C(C(=O)Nc3ccccc3)=C(C)Nc3nc(-c4cccc([N+](=O)[O-])c4)nn32)cc1OC. The molecular weight excluding hydrogens is 500 g/mol. The number of nitro benzene ring substituents is 1. The van der Waals surface area contributed by atoms with E-state index in [2.05, 4.69) is 15.6 Å². The highest BCUT2D eigenvalue weighted by Crippen LogP contribution is 2.40. The second kappa shape index (κ2) is 10.7. The minimum absolute atomic E-state index is 0.0711. The maximum Gasteiger partial charge on any atom is 0.270 e. The fraction of sp³-hybridized carbons (Fsp3) is 0.179. The van der Waals surface area contributed by atoms with Gasteiger partial charge in [-0.15, -0.1) is 5.10 Å². The summed E-state index contributed by atoms with van der Waals surface area (Å²) in [6, 6.07) is 20.0. The summed E-state index contributed by atoms with van der Waals surface area (Å²) in [6.07, 6.45) is 0. The standard InChI is InChI=1S/C28H26N6O5/c1-4-39-22-14-13-18(16-23(22)38-3)25-24(27(35)30-20-10-6-5-7-11-20)17(2)29-28-31-26(32-33(25)28)19-9-8-12-21(15-19)34(36)37/h5-16,25H,4H2,1-3H3,(H,30,35)(H,29,31,32). The van der Waals surface area contributed by atoms with E-state index in [4.69, 9.17) is 14.6 Å². The number of amides is 1. The highest BCUT2D eigenvalue weighted by atomic mass is 16.6. The quantitative estimate of drug-likeness (QED) is 0.237. The summed E-state index contributed by atoms with van der Waals surface area (Å²) in [6.45, 7) is 4.14. The number of carbonyl (C=O) groups is 1. The second-order valence-electron chi connectivity index (χ2n) is 8.74. The smallest absolute Gasteiger partial charge is 0.270 e. The molecule has 0 fully saturated rings. The van der Waals surface area contributed by atoms with Crippen molar-refractivity contribution in [1.82, 2.24) is 14.8 Å². The van der Waals surface area contributed by atoms with Crippen molar-refractivity contribution in [1.29, 1.82) is 0 Å². The van der Waals surface area contributed by atoms with Crippen LogP contribution in [-0.4, -0.2) is 39.3 Å². The highest BCUT2D eigenvalue weighted by Gasteiger charge is 2.35. The lowest BCUT2D eigenvalue weighted by Gasteiger charge is -2.29. The average Bonchev–Trinajstić information content (AvgIpc) is 3.37. The molecule has 2 heterocycles. The molecule has 3 aromatic carbocycles. The van der Waals surface area contributed by atoms with Crippen LogP contribution >= 0.6 is 0 Å². The molecule has 0 saturated carbocycles. The van der Waals surface area contributed by atoms with Gasteiger partial charge in [0.2, 0.25) is 5.95 Å². The van der Waals surface area contributed by atoms with E-state index in [1.54, 1.807) is 49.0 Å². The lowest BCUT2D eigenvalue weighted by Crippen LogP contribution is -2.31. The Hall–Kier alpha value is -5.19. The number of allylic oxidation sites excluding steroid dienone is 1. The van der Waals surface area contributed by atoms with E-state index in [9.17, 15) is 14.9 Å². The molecule has 11 heteroatoms. The molecule has 1 aliphatic heterocycles. The zero-order chi connectivity index (χ0) is 27.5. The molecule has 5 rings (SSSR count). The van der Waals surface area contributed by atoms with Crippen molar-refractivity contribution in [3.8, 4) is 22.9 Å². The minimum atomic E-state index is -0.686. The number of hydrogen-bond acceptors (Lipinski definition) is 8. The topological polar surface area (TPSA) is 133 Å². The summed E-state index contributed by atoms with van der Waals surface area (Å²) >= 11 is 0. The number of fused-ring (bicyclic) bond motifs is 1. The van der Waals surface area contributed by atoms with Gasteiger partial charge in [0.15, 0.2) is 17.3 Å². The van der Waals surface area contributed by atoms with Gasteiger partial charge in [-0.05, 0) is 43.7 Å². The molecule has 1 unspecified atom stereocenters. The van der Waals surface area contributed by atoms with Gasteiger partial charge in [0.25, 0.3) is 11.6 Å². The Bertz CT molecular complexity index is 1580. The number of aromatic nitrogens is 3. The molecule has 1 aliphatic rings. The maximum atomic E-state index is 13.7. The summed E-state index contributed by atoms with van der Waals surface area (Å²) in [5.74, 6) is 1.44. The fourth-order valence-electron chi connectivity index (χ4n) is 4.48. The summed E-state index contributed by atoms with van der Waals surface area (Å²) < 4.78 is 12.9. The van der Waals surface area contributed by atoms with E-state index in [1.165, 1.54) is 12.1 Å². The predicted molar refractivity (Wildman–Crippen MR) is 146 cm³/mol. The van der Waals surface area contributed by atoms with Crippen LogP contribution in [0.25, 0.3) is 11.4 Å². The molecule has 0 bridgehead atoms. The Balaban J connectivity index is 1.63. The van der Waals surface area contributed by atoms with Crippen molar-refractivity contribution in [2.45, 2.75) is 19.9 Å². The van der Waals surface area contributed by atoms with Gasteiger partial charge in [-0.25, -0.2) is 4.68 Å². The number of carbonyl (C=O) groups excluding carboxylic acids is 1.